The Kier molecular flexibility index (Phi) is 4.14. The molecule has 114 valence electrons. The quantitative estimate of drug-likeness (QED) is 0.651. The summed E-state index contributed by atoms with van der Waals surface area (Å²) in [6.07, 6.45) is 0.966. The zero-order valence-corrected chi connectivity index (χ0v) is 13.5. The lowest BCUT2D eigenvalue weighted by Gasteiger charge is -2.10. The van der Waals surface area contributed by atoms with Crippen LogP contribution in [0.15, 0.2) is 42.5 Å². The Labute approximate surface area is 131 Å². The van der Waals surface area contributed by atoms with E-state index in [1.165, 1.54) is 16.6 Å². The smallest absolute Gasteiger partial charge is 0.119 e. The molecule has 0 aliphatic heterocycles. The van der Waals surface area contributed by atoms with Gasteiger partial charge >= 0.3 is 0 Å². The van der Waals surface area contributed by atoms with E-state index in [9.17, 15) is 0 Å². The second kappa shape index (κ2) is 6.22. The molecule has 2 aromatic carbocycles. The van der Waals surface area contributed by atoms with E-state index in [2.05, 4.69) is 60.7 Å². The van der Waals surface area contributed by atoms with Crippen molar-refractivity contribution in [3.05, 3.63) is 59.4 Å². The number of aryl methyl sites for hydroxylation is 4. The normalized spacial score (nSPS) is 11.0. The third kappa shape index (κ3) is 2.98. The molecule has 0 atom stereocenters. The van der Waals surface area contributed by atoms with Crippen LogP contribution in [-0.4, -0.2) is 16.2 Å². The first-order valence-corrected chi connectivity index (χ1v) is 7.77. The van der Waals surface area contributed by atoms with Gasteiger partial charge in [0.15, 0.2) is 0 Å². The maximum atomic E-state index is 5.86. The van der Waals surface area contributed by atoms with Gasteiger partial charge in [0.25, 0.3) is 0 Å². The molecule has 3 nitrogen and oxygen atoms in total. The fourth-order valence-electron chi connectivity index (χ4n) is 2.69. The van der Waals surface area contributed by atoms with E-state index in [0.717, 1.165) is 30.1 Å². The van der Waals surface area contributed by atoms with Crippen LogP contribution in [0, 0.1) is 20.8 Å². The number of ether oxygens (including phenoxy) is 1. The third-order valence-corrected chi connectivity index (χ3v) is 4.12. The van der Waals surface area contributed by atoms with Gasteiger partial charge in [-0.15, -0.1) is 0 Å². The van der Waals surface area contributed by atoms with E-state index >= 15 is 0 Å². The molecule has 0 spiro atoms. The van der Waals surface area contributed by atoms with Gasteiger partial charge in [0.05, 0.1) is 17.6 Å². The highest BCUT2D eigenvalue weighted by Crippen LogP contribution is 2.18. The number of para-hydroxylation sites is 2. The Balaban J connectivity index is 1.60. The van der Waals surface area contributed by atoms with Gasteiger partial charge in [-0.25, -0.2) is 4.98 Å². The molecule has 3 rings (SSSR count). The summed E-state index contributed by atoms with van der Waals surface area (Å²) in [6.45, 7) is 7.94. The van der Waals surface area contributed by atoms with Crippen molar-refractivity contribution in [2.75, 3.05) is 6.61 Å². The molecule has 0 aliphatic rings. The molecule has 3 heteroatoms. The molecule has 0 unspecified atom stereocenters. The van der Waals surface area contributed by atoms with Crippen molar-refractivity contribution in [1.29, 1.82) is 0 Å². The highest BCUT2D eigenvalue weighted by atomic mass is 16.5. The molecule has 1 heterocycles. The maximum Gasteiger partial charge on any atom is 0.119 e. The molecular weight excluding hydrogens is 272 g/mol. The number of hydrogen-bond acceptors (Lipinski definition) is 2. The summed E-state index contributed by atoms with van der Waals surface area (Å²) in [7, 11) is 0. The number of fused-ring (bicyclic) bond motifs is 1. The van der Waals surface area contributed by atoms with Gasteiger partial charge in [-0.05, 0) is 62.6 Å². The number of nitrogens with zero attached hydrogens (tertiary/aromatic N) is 2. The van der Waals surface area contributed by atoms with Crippen LogP contribution in [0.4, 0.5) is 0 Å². The average molecular weight is 294 g/mol. The minimum atomic E-state index is 0.717. The molecule has 0 radical (unpaired) electrons. The summed E-state index contributed by atoms with van der Waals surface area (Å²) >= 11 is 0. The highest BCUT2D eigenvalue weighted by molar-refractivity contribution is 5.75. The fourth-order valence-corrected chi connectivity index (χ4v) is 2.69. The maximum absolute atomic E-state index is 5.86. The Morgan fingerprint density at radius 1 is 1.00 bits per heavy atom. The fraction of sp³-hybridized carbons (Fsp3) is 0.316. The summed E-state index contributed by atoms with van der Waals surface area (Å²) in [5, 5.41) is 0. The second-order valence-electron chi connectivity index (χ2n) is 5.75. The van der Waals surface area contributed by atoms with Crippen molar-refractivity contribution in [3.63, 3.8) is 0 Å². The number of rotatable bonds is 5. The van der Waals surface area contributed by atoms with Crippen molar-refractivity contribution in [2.45, 2.75) is 33.7 Å². The minimum absolute atomic E-state index is 0.717. The van der Waals surface area contributed by atoms with E-state index in [1.54, 1.807) is 0 Å². The largest absolute Gasteiger partial charge is 0.494 e. The van der Waals surface area contributed by atoms with E-state index in [-0.39, 0.29) is 0 Å². The first-order chi connectivity index (χ1) is 10.6. The van der Waals surface area contributed by atoms with Crippen LogP contribution >= 0.6 is 0 Å². The Hall–Kier alpha value is -2.29. The van der Waals surface area contributed by atoms with Crippen molar-refractivity contribution in [1.82, 2.24) is 9.55 Å². The van der Waals surface area contributed by atoms with Gasteiger partial charge < -0.3 is 9.30 Å². The molecule has 22 heavy (non-hydrogen) atoms. The van der Waals surface area contributed by atoms with Crippen LogP contribution in [0.1, 0.15) is 23.4 Å². The van der Waals surface area contributed by atoms with Crippen molar-refractivity contribution < 1.29 is 4.74 Å². The van der Waals surface area contributed by atoms with Crippen LogP contribution in [0.25, 0.3) is 11.0 Å². The summed E-state index contributed by atoms with van der Waals surface area (Å²) in [6, 6.07) is 14.5. The van der Waals surface area contributed by atoms with Gasteiger partial charge in [-0.1, -0.05) is 18.2 Å². The van der Waals surface area contributed by atoms with E-state index in [4.69, 9.17) is 4.74 Å². The van der Waals surface area contributed by atoms with Gasteiger partial charge in [0.2, 0.25) is 0 Å². The molecule has 0 saturated carbocycles. The average Bonchev–Trinajstić information content (AvgIpc) is 2.83. The van der Waals surface area contributed by atoms with Gasteiger partial charge in [0, 0.05) is 6.54 Å². The molecule has 0 amide bonds. The van der Waals surface area contributed by atoms with Crippen molar-refractivity contribution >= 4 is 11.0 Å². The first kappa shape index (κ1) is 14.6. The monoisotopic (exact) mass is 294 g/mol. The predicted octanol–water partition coefficient (Wildman–Crippen LogP) is 4.43. The van der Waals surface area contributed by atoms with Crippen LogP contribution < -0.4 is 4.74 Å². The second-order valence-corrected chi connectivity index (χ2v) is 5.75. The van der Waals surface area contributed by atoms with E-state index < -0.39 is 0 Å². The molecule has 0 saturated heterocycles. The Morgan fingerprint density at radius 3 is 2.64 bits per heavy atom. The standard InChI is InChI=1S/C19H22N2O/c1-14-9-10-17(13-15(14)2)22-12-6-11-21-16(3)20-18-7-4-5-8-19(18)21/h4-5,7-10,13H,6,11-12H2,1-3H3. The number of aromatic nitrogens is 2. The lowest BCUT2D eigenvalue weighted by molar-refractivity contribution is 0.302. The van der Waals surface area contributed by atoms with Crippen LogP contribution in [-0.2, 0) is 6.54 Å². The van der Waals surface area contributed by atoms with E-state index in [1.807, 2.05) is 12.1 Å². The molecule has 0 fully saturated rings. The molecule has 0 N–H and O–H groups in total. The lowest BCUT2D eigenvalue weighted by Crippen LogP contribution is -2.06. The lowest BCUT2D eigenvalue weighted by atomic mass is 10.1. The molecule has 1 aromatic heterocycles. The van der Waals surface area contributed by atoms with Crippen molar-refractivity contribution in [2.24, 2.45) is 0 Å². The van der Waals surface area contributed by atoms with Crippen LogP contribution in [0.2, 0.25) is 0 Å². The summed E-state index contributed by atoms with van der Waals surface area (Å²) in [4.78, 5) is 4.59. The SMILES string of the molecule is Cc1ccc(OCCCn2c(C)nc3ccccc32)cc1C. The molecular formula is C19H22N2O. The highest BCUT2D eigenvalue weighted by Gasteiger charge is 2.06. The number of imidazole rings is 1. The minimum Gasteiger partial charge on any atom is -0.494 e. The van der Waals surface area contributed by atoms with E-state index in [0.29, 0.717) is 6.61 Å². The summed E-state index contributed by atoms with van der Waals surface area (Å²) in [5.41, 5.74) is 4.84. The molecule has 3 aromatic rings. The topological polar surface area (TPSA) is 27.1 Å². The number of benzene rings is 2. The number of hydrogen-bond donors (Lipinski definition) is 0. The molecule has 0 aliphatic carbocycles. The first-order valence-electron chi connectivity index (χ1n) is 7.77. The van der Waals surface area contributed by atoms with Crippen LogP contribution in [0.5, 0.6) is 5.75 Å². The van der Waals surface area contributed by atoms with Crippen LogP contribution in [0.3, 0.4) is 0 Å². The summed E-state index contributed by atoms with van der Waals surface area (Å²) in [5.74, 6) is 2.02. The van der Waals surface area contributed by atoms with Gasteiger partial charge in [0.1, 0.15) is 11.6 Å². The third-order valence-electron chi connectivity index (χ3n) is 4.12. The van der Waals surface area contributed by atoms with Crippen molar-refractivity contribution in [3.8, 4) is 5.75 Å². The van der Waals surface area contributed by atoms with Gasteiger partial charge in [-0.3, -0.25) is 0 Å². The predicted molar refractivity (Wildman–Crippen MR) is 90.5 cm³/mol. The van der Waals surface area contributed by atoms with Gasteiger partial charge in [-0.2, -0.15) is 0 Å². The Morgan fingerprint density at radius 2 is 1.82 bits per heavy atom. The zero-order valence-electron chi connectivity index (χ0n) is 13.5. The Bertz CT molecular complexity index is 789. The molecule has 0 bridgehead atoms. The zero-order chi connectivity index (χ0) is 15.5. The summed E-state index contributed by atoms with van der Waals surface area (Å²) < 4.78 is 8.12.